The molecule has 0 saturated carbocycles. The highest BCUT2D eigenvalue weighted by Gasteiger charge is 2.17. The molecular weight excluding hydrogens is 414 g/mol. The summed E-state index contributed by atoms with van der Waals surface area (Å²) in [6.07, 6.45) is 0.290. The van der Waals surface area contributed by atoms with Gasteiger partial charge < -0.3 is 10.1 Å². The van der Waals surface area contributed by atoms with Crippen LogP contribution in [0.15, 0.2) is 71.5 Å². The second kappa shape index (κ2) is 9.28. The van der Waals surface area contributed by atoms with Crippen molar-refractivity contribution >= 4 is 22.5 Å². The van der Waals surface area contributed by atoms with E-state index < -0.39 is 6.10 Å². The quantitative estimate of drug-likeness (QED) is 0.458. The number of anilines is 1. The van der Waals surface area contributed by atoms with Gasteiger partial charge in [-0.2, -0.15) is 0 Å². The molecule has 4 rings (SSSR count). The molecule has 1 N–H and O–H groups in total. The van der Waals surface area contributed by atoms with E-state index in [1.807, 2.05) is 68.4 Å². The molecule has 1 atom stereocenters. The summed E-state index contributed by atoms with van der Waals surface area (Å²) in [4.78, 5) is 30.3. The number of nitrogens with zero attached hydrogens (tertiary/aromatic N) is 2. The number of para-hydroxylation sites is 1. The molecule has 0 spiro atoms. The number of rotatable bonds is 6. The SMILES string of the molecule is CCc1ccc(OC(C)C(=O)Nc2ccc(-n3c(C)nc4ccccc4c3=O)cc2C)cc1. The third kappa shape index (κ3) is 4.65. The van der Waals surface area contributed by atoms with Crippen LogP contribution in [0.25, 0.3) is 16.6 Å². The molecule has 1 amide bonds. The Kier molecular flexibility index (Phi) is 6.27. The third-order valence-electron chi connectivity index (χ3n) is 5.68. The number of fused-ring (bicyclic) bond motifs is 1. The van der Waals surface area contributed by atoms with Gasteiger partial charge in [0.05, 0.1) is 16.6 Å². The average molecular weight is 442 g/mol. The molecule has 3 aromatic carbocycles. The zero-order valence-electron chi connectivity index (χ0n) is 19.3. The number of aryl methyl sites for hydroxylation is 3. The Hall–Kier alpha value is -3.93. The van der Waals surface area contributed by atoms with E-state index in [1.165, 1.54) is 5.56 Å². The number of amides is 1. The van der Waals surface area contributed by atoms with Crippen LogP contribution in [0.1, 0.15) is 30.8 Å². The van der Waals surface area contributed by atoms with Crippen molar-refractivity contribution < 1.29 is 9.53 Å². The molecule has 0 aliphatic rings. The Morgan fingerprint density at radius 2 is 1.79 bits per heavy atom. The molecule has 168 valence electrons. The molecule has 0 fully saturated rings. The van der Waals surface area contributed by atoms with Gasteiger partial charge in [-0.05, 0) is 80.8 Å². The summed E-state index contributed by atoms with van der Waals surface area (Å²) in [5.74, 6) is 1.01. The molecule has 0 aliphatic heterocycles. The molecule has 0 radical (unpaired) electrons. The Bertz CT molecular complexity index is 1370. The van der Waals surface area contributed by atoms with Crippen molar-refractivity contribution in [2.24, 2.45) is 0 Å². The van der Waals surface area contributed by atoms with Crippen LogP contribution >= 0.6 is 0 Å². The maximum absolute atomic E-state index is 13.1. The fourth-order valence-electron chi connectivity index (χ4n) is 3.77. The zero-order chi connectivity index (χ0) is 23.5. The second-order valence-electron chi connectivity index (χ2n) is 8.06. The van der Waals surface area contributed by atoms with Crippen molar-refractivity contribution in [3.05, 3.63) is 94.0 Å². The van der Waals surface area contributed by atoms with Gasteiger partial charge in [0.1, 0.15) is 11.6 Å². The van der Waals surface area contributed by atoms with E-state index >= 15 is 0 Å². The van der Waals surface area contributed by atoms with Gasteiger partial charge in [0.2, 0.25) is 0 Å². The van der Waals surface area contributed by atoms with Gasteiger partial charge in [0, 0.05) is 5.69 Å². The first-order chi connectivity index (χ1) is 15.9. The van der Waals surface area contributed by atoms with Gasteiger partial charge in [-0.25, -0.2) is 4.98 Å². The lowest BCUT2D eigenvalue weighted by Crippen LogP contribution is -2.30. The van der Waals surface area contributed by atoms with Gasteiger partial charge in [0.25, 0.3) is 11.5 Å². The summed E-state index contributed by atoms with van der Waals surface area (Å²) in [5, 5.41) is 3.49. The number of ether oxygens (including phenoxy) is 1. The van der Waals surface area contributed by atoms with Crippen molar-refractivity contribution in [1.29, 1.82) is 0 Å². The monoisotopic (exact) mass is 441 g/mol. The number of hydrogen-bond donors (Lipinski definition) is 1. The predicted molar refractivity (Wildman–Crippen MR) is 131 cm³/mol. The maximum Gasteiger partial charge on any atom is 0.265 e. The van der Waals surface area contributed by atoms with Crippen molar-refractivity contribution in [3.8, 4) is 11.4 Å². The first kappa shape index (κ1) is 22.3. The largest absolute Gasteiger partial charge is 0.481 e. The van der Waals surface area contributed by atoms with Crippen molar-refractivity contribution in [1.82, 2.24) is 9.55 Å². The molecule has 0 bridgehead atoms. The fourth-order valence-corrected chi connectivity index (χ4v) is 3.77. The van der Waals surface area contributed by atoms with Crippen molar-refractivity contribution in [3.63, 3.8) is 0 Å². The Labute approximate surface area is 192 Å². The van der Waals surface area contributed by atoms with Crippen LogP contribution in [-0.2, 0) is 11.2 Å². The Morgan fingerprint density at radius 1 is 1.06 bits per heavy atom. The molecule has 1 heterocycles. The summed E-state index contributed by atoms with van der Waals surface area (Å²) in [6, 6.07) is 20.5. The van der Waals surface area contributed by atoms with E-state index in [0.717, 1.165) is 12.0 Å². The van der Waals surface area contributed by atoms with Gasteiger partial charge in [0.15, 0.2) is 6.10 Å². The number of nitrogens with one attached hydrogen (secondary N) is 1. The lowest BCUT2D eigenvalue weighted by Gasteiger charge is -2.17. The topological polar surface area (TPSA) is 73.2 Å². The van der Waals surface area contributed by atoms with E-state index in [-0.39, 0.29) is 11.5 Å². The van der Waals surface area contributed by atoms with Gasteiger partial charge in [-0.15, -0.1) is 0 Å². The third-order valence-corrected chi connectivity index (χ3v) is 5.68. The van der Waals surface area contributed by atoms with Gasteiger partial charge >= 0.3 is 0 Å². The number of carbonyl (C=O) groups excluding carboxylic acids is 1. The molecule has 0 aliphatic carbocycles. The lowest BCUT2D eigenvalue weighted by molar-refractivity contribution is -0.122. The standard InChI is InChI=1S/C27H27N3O3/c1-5-20-10-13-22(14-11-20)33-18(3)26(31)29-24-15-12-21(16-17(24)2)30-19(4)28-25-9-7-6-8-23(25)27(30)32/h6-16,18H,5H2,1-4H3,(H,29,31). The minimum absolute atomic E-state index is 0.120. The van der Waals surface area contributed by atoms with Crippen LogP contribution in [0.3, 0.4) is 0 Å². The molecule has 4 aromatic rings. The first-order valence-electron chi connectivity index (χ1n) is 11.0. The summed E-state index contributed by atoms with van der Waals surface area (Å²) in [7, 11) is 0. The molecular formula is C27H27N3O3. The molecule has 33 heavy (non-hydrogen) atoms. The zero-order valence-corrected chi connectivity index (χ0v) is 19.3. The van der Waals surface area contributed by atoms with Crippen LogP contribution in [0.4, 0.5) is 5.69 Å². The van der Waals surface area contributed by atoms with Gasteiger partial charge in [-0.1, -0.05) is 31.2 Å². The van der Waals surface area contributed by atoms with E-state index in [4.69, 9.17) is 4.74 Å². The number of aromatic nitrogens is 2. The molecule has 1 unspecified atom stereocenters. The lowest BCUT2D eigenvalue weighted by atomic mass is 10.1. The van der Waals surface area contributed by atoms with Crippen LogP contribution in [0.2, 0.25) is 0 Å². The van der Waals surface area contributed by atoms with Crippen LogP contribution < -0.4 is 15.6 Å². The van der Waals surface area contributed by atoms with Gasteiger partial charge in [-0.3, -0.25) is 14.2 Å². The number of carbonyl (C=O) groups is 1. The molecule has 0 saturated heterocycles. The summed E-state index contributed by atoms with van der Waals surface area (Å²) in [6.45, 7) is 7.51. The number of benzene rings is 3. The van der Waals surface area contributed by atoms with Crippen LogP contribution in [0.5, 0.6) is 5.75 Å². The number of hydrogen-bond acceptors (Lipinski definition) is 4. The molecule has 6 heteroatoms. The summed E-state index contributed by atoms with van der Waals surface area (Å²) < 4.78 is 7.38. The first-order valence-corrected chi connectivity index (χ1v) is 11.0. The Balaban J connectivity index is 1.54. The normalized spacial score (nSPS) is 11.9. The van der Waals surface area contributed by atoms with Crippen LogP contribution in [0, 0.1) is 13.8 Å². The minimum atomic E-state index is -0.661. The highest BCUT2D eigenvalue weighted by Crippen LogP contribution is 2.21. The highest BCUT2D eigenvalue weighted by atomic mass is 16.5. The Morgan fingerprint density at radius 3 is 2.48 bits per heavy atom. The molecule has 6 nitrogen and oxygen atoms in total. The highest BCUT2D eigenvalue weighted by molar-refractivity contribution is 5.95. The van der Waals surface area contributed by atoms with E-state index in [2.05, 4.69) is 17.2 Å². The molecule has 1 aromatic heterocycles. The van der Waals surface area contributed by atoms with Crippen molar-refractivity contribution in [2.75, 3.05) is 5.32 Å². The second-order valence-corrected chi connectivity index (χ2v) is 8.06. The fraction of sp³-hybridized carbons (Fsp3) is 0.222. The van der Waals surface area contributed by atoms with E-state index in [0.29, 0.717) is 33.9 Å². The summed E-state index contributed by atoms with van der Waals surface area (Å²) >= 11 is 0. The van der Waals surface area contributed by atoms with E-state index in [1.54, 1.807) is 23.6 Å². The smallest absolute Gasteiger partial charge is 0.265 e. The average Bonchev–Trinajstić information content (AvgIpc) is 2.81. The predicted octanol–water partition coefficient (Wildman–Crippen LogP) is 4.97. The minimum Gasteiger partial charge on any atom is -0.481 e. The maximum atomic E-state index is 13.1. The van der Waals surface area contributed by atoms with Crippen LogP contribution in [-0.4, -0.2) is 21.6 Å². The van der Waals surface area contributed by atoms with E-state index in [9.17, 15) is 9.59 Å². The van der Waals surface area contributed by atoms with Crippen molar-refractivity contribution in [2.45, 2.75) is 40.2 Å². The summed E-state index contributed by atoms with van der Waals surface area (Å²) in [5.41, 5.74) is 3.97.